The molecule has 2 heterocycles. The molecule has 0 saturated carbocycles. The molecule has 1 aromatic carbocycles. The summed E-state index contributed by atoms with van der Waals surface area (Å²) < 4.78 is 18.6. The van der Waals surface area contributed by atoms with Crippen LogP contribution in [0.25, 0.3) is 0 Å². The first-order valence-corrected chi connectivity index (χ1v) is 8.00. The molecule has 2 aromatic rings. The van der Waals surface area contributed by atoms with Gasteiger partial charge >= 0.3 is 0 Å². The van der Waals surface area contributed by atoms with Crippen LogP contribution in [0.1, 0.15) is 22.6 Å². The molecule has 3 rings (SSSR count). The van der Waals surface area contributed by atoms with Crippen molar-refractivity contribution in [2.75, 3.05) is 20.1 Å². The third-order valence-electron chi connectivity index (χ3n) is 4.13. The minimum Gasteiger partial charge on any atom is -0.487 e. The maximum absolute atomic E-state index is 13.1. The fourth-order valence-corrected chi connectivity index (χ4v) is 2.79. The fraction of sp³-hybridized carbons (Fsp3) is 0.353. The lowest BCUT2D eigenvalue weighted by molar-refractivity contribution is -0.124. The van der Waals surface area contributed by atoms with Crippen molar-refractivity contribution in [3.63, 3.8) is 0 Å². The number of likely N-dealkylation sites (tertiary alicyclic amines) is 1. The van der Waals surface area contributed by atoms with Crippen molar-refractivity contribution in [1.82, 2.24) is 20.4 Å². The number of benzene rings is 1. The van der Waals surface area contributed by atoms with Crippen molar-refractivity contribution >= 4 is 11.8 Å². The number of ether oxygens (including phenoxy) is 1. The van der Waals surface area contributed by atoms with Crippen LogP contribution in [0.4, 0.5) is 4.39 Å². The van der Waals surface area contributed by atoms with Crippen LogP contribution >= 0.6 is 0 Å². The highest BCUT2D eigenvalue weighted by Crippen LogP contribution is 2.19. The molecule has 0 spiro atoms. The Hall–Kier alpha value is -2.90. The van der Waals surface area contributed by atoms with E-state index < -0.39 is 0 Å². The Morgan fingerprint density at radius 1 is 1.44 bits per heavy atom. The Balaban J connectivity index is 1.58. The van der Waals surface area contributed by atoms with E-state index in [0.29, 0.717) is 31.0 Å². The standard InChI is InChI=1S/C17H19FN4O3/c1-19-16(23)11-5-6-22(9-11)17(24)15-8-13(20-21-15)10-25-14-4-2-3-12(18)7-14/h2-4,7-8,11H,5-6,9-10H2,1H3,(H,19,23)(H,20,21)/t11-/m0/s1. The first-order chi connectivity index (χ1) is 12.1. The summed E-state index contributed by atoms with van der Waals surface area (Å²) in [6, 6.07) is 7.43. The molecule has 25 heavy (non-hydrogen) atoms. The number of amides is 2. The summed E-state index contributed by atoms with van der Waals surface area (Å²) in [4.78, 5) is 25.7. The van der Waals surface area contributed by atoms with Gasteiger partial charge in [-0.25, -0.2) is 4.39 Å². The number of nitrogens with zero attached hydrogens (tertiary/aromatic N) is 2. The summed E-state index contributed by atoms with van der Waals surface area (Å²) in [5.74, 6) is -0.432. The smallest absolute Gasteiger partial charge is 0.274 e. The second kappa shape index (κ2) is 7.33. The fourth-order valence-electron chi connectivity index (χ4n) is 2.79. The van der Waals surface area contributed by atoms with Crippen molar-refractivity contribution in [3.8, 4) is 5.75 Å². The highest BCUT2D eigenvalue weighted by molar-refractivity contribution is 5.93. The van der Waals surface area contributed by atoms with Crippen molar-refractivity contribution in [1.29, 1.82) is 0 Å². The Morgan fingerprint density at radius 2 is 2.28 bits per heavy atom. The first-order valence-electron chi connectivity index (χ1n) is 8.00. The lowest BCUT2D eigenvalue weighted by Gasteiger charge is -2.14. The van der Waals surface area contributed by atoms with E-state index in [1.165, 1.54) is 12.1 Å². The number of rotatable bonds is 5. The van der Waals surface area contributed by atoms with Gasteiger partial charge in [0.05, 0.1) is 11.6 Å². The molecule has 2 amide bonds. The van der Waals surface area contributed by atoms with Gasteiger partial charge in [-0.05, 0) is 24.6 Å². The maximum atomic E-state index is 13.1. The van der Waals surface area contributed by atoms with Crippen LogP contribution < -0.4 is 10.1 Å². The molecule has 132 valence electrons. The maximum Gasteiger partial charge on any atom is 0.274 e. The van der Waals surface area contributed by atoms with Crippen LogP contribution in [0.2, 0.25) is 0 Å². The molecule has 1 saturated heterocycles. The van der Waals surface area contributed by atoms with E-state index in [2.05, 4.69) is 15.5 Å². The van der Waals surface area contributed by atoms with Gasteiger partial charge in [0.2, 0.25) is 5.91 Å². The molecular weight excluding hydrogens is 327 g/mol. The number of H-pyrrole nitrogens is 1. The SMILES string of the molecule is CNC(=O)[C@H]1CCN(C(=O)c2cc(COc3cccc(F)c3)[nH]n2)C1. The summed E-state index contributed by atoms with van der Waals surface area (Å²) in [7, 11) is 1.59. The number of hydrogen-bond donors (Lipinski definition) is 2. The topological polar surface area (TPSA) is 87.3 Å². The highest BCUT2D eigenvalue weighted by Gasteiger charge is 2.31. The molecule has 0 unspecified atom stereocenters. The first kappa shape index (κ1) is 16.9. The van der Waals surface area contributed by atoms with Gasteiger partial charge in [0.15, 0.2) is 5.69 Å². The van der Waals surface area contributed by atoms with E-state index in [9.17, 15) is 14.0 Å². The molecule has 8 heteroatoms. The second-order valence-corrected chi connectivity index (χ2v) is 5.88. The number of aromatic nitrogens is 2. The number of aromatic amines is 1. The molecule has 7 nitrogen and oxygen atoms in total. The average Bonchev–Trinajstić information content (AvgIpc) is 3.28. The average molecular weight is 346 g/mol. The number of hydrogen-bond acceptors (Lipinski definition) is 4. The minimum atomic E-state index is -0.377. The Kier molecular flexibility index (Phi) is 4.97. The molecule has 1 aliphatic heterocycles. The Labute approximate surface area is 144 Å². The van der Waals surface area contributed by atoms with Crippen LogP contribution in [0.15, 0.2) is 30.3 Å². The van der Waals surface area contributed by atoms with Crippen molar-refractivity contribution < 1.29 is 18.7 Å². The van der Waals surface area contributed by atoms with Gasteiger partial charge in [0, 0.05) is 26.2 Å². The molecule has 1 aliphatic rings. The van der Waals surface area contributed by atoms with E-state index in [1.54, 1.807) is 30.1 Å². The van der Waals surface area contributed by atoms with Crippen molar-refractivity contribution in [2.45, 2.75) is 13.0 Å². The van der Waals surface area contributed by atoms with Gasteiger partial charge in [-0.2, -0.15) is 5.10 Å². The molecule has 1 atom stereocenters. The van der Waals surface area contributed by atoms with Crippen LogP contribution in [-0.2, 0) is 11.4 Å². The van der Waals surface area contributed by atoms with E-state index in [4.69, 9.17) is 4.74 Å². The zero-order chi connectivity index (χ0) is 17.8. The summed E-state index contributed by atoms with van der Waals surface area (Å²) in [6.45, 7) is 1.06. The summed E-state index contributed by atoms with van der Waals surface area (Å²) in [6.07, 6.45) is 0.644. The van der Waals surface area contributed by atoms with Crippen LogP contribution in [0.5, 0.6) is 5.75 Å². The Bertz CT molecular complexity index is 777. The van der Waals surface area contributed by atoms with E-state index in [0.717, 1.165) is 0 Å². The minimum absolute atomic E-state index is 0.0542. The van der Waals surface area contributed by atoms with Crippen molar-refractivity contribution in [2.24, 2.45) is 5.92 Å². The van der Waals surface area contributed by atoms with Gasteiger partial charge in [0.25, 0.3) is 5.91 Å². The largest absolute Gasteiger partial charge is 0.487 e. The third kappa shape index (κ3) is 3.96. The van der Waals surface area contributed by atoms with Gasteiger partial charge in [-0.3, -0.25) is 14.7 Å². The highest BCUT2D eigenvalue weighted by atomic mass is 19.1. The van der Waals surface area contributed by atoms with Gasteiger partial charge in [-0.15, -0.1) is 0 Å². The molecule has 0 aliphatic carbocycles. The van der Waals surface area contributed by atoms with E-state index in [1.807, 2.05) is 0 Å². The van der Waals surface area contributed by atoms with Gasteiger partial charge < -0.3 is 15.0 Å². The lowest BCUT2D eigenvalue weighted by atomic mass is 10.1. The molecule has 2 N–H and O–H groups in total. The molecular formula is C17H19FN4O3. The molecule has 0 radical (unpaired) electrons. The zero-order valence-electron chi connectivity index (χ0n) is 13.8. The zero-order valence-corrected chi connectivity index (χ0v) is 13.8. The summed E-state index contributed by atoms with van der Waals surface area (Å²) >= 11 is 0. The van der Waals surface area contributed by atoms with Crippen LogP contribution in [0, 0.1) is 11.7 Å². The summed E-state index contributed by atoms with van der Waals surface area (Å²) in [5, 5.41) is 9.36. The normalized spacial score (nSPS) is 16.7. The summed E-state index contributed by atoms with van der Waals surface area (Å²) in [5.41, 5.74) is 0.880. The van der Waals surface area contributed by atoms with Crippen LogP contribution in [-0.4, -0.2) is 47.0 Å². The van der Waals surface area contributed by atoms with Crippen molar-refractivity contribution in [3.05, 3.63) is 47.5 Å². The second-order valence-electron chi connectivity index (χ2n) is 5.88. The predicted molar refractivity (Wildman–Crippen MR) is 87.4 cm³/mol. The predicted octanol–water partition coefficient (Wildman–Crippen LogP) is 1.34. The quantitative estimate of drug-likeness (QED) is 0.855. The number of carbonyl (C=O) groups is 2. The van der Waals surface area contributed by atoms with Gasteiger partial charge in [0.1, 0.15) is 18.2 Å². The molecule has 1 fully saturated rings. The van der Waals surface area contributed by atoms with Gasteiger partial charge in [-0.1, -0.05) is 6.07 Å². The number of nitrogens with one attached hydrogen (secondary N) is 2. The molecule has 1 aromatic heterocycles. The molecule has 0 bridgehead atoms. The third-order valence-corrected chi connectivity index (χ3v) is 4.13. The Morgan fingerprint density at radius 3 is 3.04 bits per heavy atom. The number of carbonyl (C=O) groups excluding carboxylic acids is 2. The lowest BCUT2D eigenvalue weighted by Crippen LogP contribution is -2.33. The number of halogens is 1. The monoisotopic (exact) mass is 346 g/mol. The van der Waals surface area contributed by atoms with E-state index in [-0.39, 0.29) is 35.9 Å². The van der Waals surface area contributed by atoms with E-state index >= 15 is 0 Å². The van der Waals surface area contributed by atoms with Crippen LogP contribution in [0.3, 0.4) is 0 Å².